The number of hydrogen-bond donors (Lipinski definition) is 1. The van der Waals surface area contributed by atoms with Crippen LogP contribution in [0.25, 0.3) is 0 Å². The standard InChI is InChI=1S/C10H9BrFNO2.ClH/c11-7-5-6(1-2-8(7)12)9-3-4-15-10(14)13-9;/h1-2,5,9H,3-4H2,(H,13,14);1H/t9-;/m0./s1. The Morgan fingerprint density at radius 1 is 1.50 bits per heavy atom. The molecule has 0 spiro atoms. The maximum absolute atomic E-state index is 13.0. The topological polar surface area (TPSA) is 38.3 Å². The molecule has 16 heavy (non-hydrogen) atoms. The third-order valence-corrected chi connectivity index (χ3v) is 2.89. The quantitative estimate of drug-likeness (QED) is 0.865. The van der Waals surface area contributed by atoms with E-state index in [0.717, 1.165) is 5.56 Å². The lowest BCUT2D eigenvalue weighted by Crippen LogP contribution is -2.35. The van der Waals surface area contributed by atoms with Crippen molar-refractivity contribution in [3.8, 4) is 0 Å². The normalized spacial score (nSPS) is 19.4. The fourth-order valence-corrected chi connectivity index (χ4v) is 1.90. The van der Waals surface area contributed by atoms with E-state index in [0.29, 0.717) is 17.5 Å². The Morgan fingerprint density at radius 2 is 2.25 bits per heavy atom. The minimum absolute atomic E-state index is 0. The van der Waals surface area contributed by atoms with Crippen molar-refractivity contribution in [3.63, 3.8) is 0 Å². The van der Waals surface area contributed by atoms with Crippen molar-refractivity contribution in [1.29, 1.82) is 0 Å². The molecular formula is C10H10BrClFNO2. The molecule has 0 unspecified atom stereocenters. The Balaban J connectivity index is 0.00000128. The first-order chi connectivity index (χ1) is 7.16. The molecule has 0 saturated carbocycles. The molecule has 6 heteroatoms. The summed E-state index contributed by atoms with van der Waals surface area (Å²) >= 11 is 3.11. The third kappa shape index (κ3) is 2.86. The van der Waals surface area contributed by atoms with Gasteiger partial charge in [-0.15, -0.1) is 12.4 Å². The summed E-state index contributed by atoms with van der Waals surface area (Å²) in [5.74, 6) is -0.308. The van der Waals surface area contributed by atoms with Crippen molar-refractivity contribution in [1.82, 2.24) is 5.32 Å². The van der Waals surface area contributed by atoms with Gasteiger partial charge in [0.1, 0.15) is 5.82 Å². The van der Waals surface area contributed by atoms with Gasteiger partial charge in [0, 0.05) is 6.42 Å². The highest BCUT2D eigenvalue weighted by Crippen LogP contribution is 2.24. The molecule has 1 heterocycles. The van der Waals surface area contributed by atoms with Gasteiger partial charge in [0.25, 0.3) is 0 Å². The zero-order valence-corrected chi connectivity index (χ0v) is 10.6. The number of amides is 1. The minimum atomic E-state index is -0.424. The van der Waals surface area contributed by atoms with E-state index in [2.05, 4.69) is 21.2 Å². The lowest BCUT2D eigenvalue weighted by Gasteiger charge is -2.23. The van der Waals surface area contributed by atoms with E-state index in [1.807, 2.05) is 0 Å². The highest BCUT2D eigenvalue weighted by atomic mass is 79.9. The van der Waals surface area contributed by atoms with Gasteiger partial charge in [-0.1, -0.05) is 6.07 Å². The van der Waals surface area contributed by atoms with E-state index in [1.54, 1.807) is 12.1 Å². The van der Waals surface area contributed by atoms with Crippen molar-refractivity contribution in [2.45, 2.75) is 12.5 Å². The summed E-state index contributed by atoms with van der Waals surface area (Å²) in [7, 11) is 0. The smallest absolute Gasteiger partial charge is 0.407 e. The van der Waals surface area contributed by atoms with E-state index in [9.17, 15) is 9.18 Å². The molecule has 1 atom stereocenters. The van der Waals surface area contributed by atoms with Crippen molar-refractivity contribution in [3.05, 3.63) is 34.1 Å². The predicted octanol–water partition coefficient (Wildman–Crippen LogP) is 3.18. The number of halogens is 3. The third-order valence-electron chi connectivity index (χ3n) is 2.28. The number of carbonyl (C=O) groups excluding carboxylic acids is 1. The molecule has 1 aromatic carbocycles. The van der Waals surface area contributed by atoms with E-state index in [4.69, 9.17) is 4.74 Å². The predicted molar refractivity (Wildman–Crippen MR) is 63.2 cm³/mol. The maximum atomic E-state index is 13.0. The highest BCUT2D eigenvalue weighted by Gasteiger charge is 2.21. The fraction of sp³-hybridized carbons (Fsp3) is 0.300. The van der Waals surface area contributed by atoms with Crippen molar-refractivity contribution < 1.29 is 13.9 Å². The average molecular weight is 311 g/mol. The van der Waals surface area contributed by atoms with Gasteiger partial charge < -0.3 is 10.1 Å². The molecule has 1 aromatic rings. The van der Waals surface area contributed by atoms with Crippen molar-refractivity contribution in [2.24, 2.45) is 0 Å². The van der Waals surface area contributed by atoms with E-state index < -0.39 is 6.09 Å². The van der Waals surface area contributed by atoms with Crippen LogP contribution in [0, 0.1) is 5.82 Å². The number of hydrogen-bond acceptors (Lipinski definition) is 2. The molecule has 1 saturated heterocycles. The summed E-state index contributed by atoms with van der Waals surface area (Å²) in [6, 6.07) is 4.62. The van der Waals surface area contributed by atoms with Crippen LogP contribution >= 0.6 is 28.3 Å². The molecule has 1 aliphatic heterocycles. The Bertz CT molecular complexity index is 402. The van der Waals surface area contributed by atoms with Gasteiger partial charge in [-0.3, -0.25) is 0 Å². The molecule has 0 aliphatic carbocycles. The zero-order valence-electron chi connectivity index (χ0n) is 8.20. The number of rotatable bonds is 1. The molecule has 0 bridgehead atoms. The second-order valence-corrected chi connectivity index (χ2v) is 4.15. The lowest BCUT2D eigenvalue weighted by molar-refractivity contribution is 0.115. The molecular weight excluding hydrogens is 300 g/mol. The molecule has 88 valence electrons. The van der Waals surface area contributed by atoms with Crippen LogP contribution in [0.1, 0.15) is 18.0 Å². The number of benzene rings is 1. The number of alkyl carbamates (subject to hydrolysis) is 1. The molecule has 2 rings (SSSR count). The van der Waals surface area contributed by atoms with Crippen LogP contribution in [0.15, 0.2) is 22.7 Å². The summed E-state index contributed by atoms with van der Waals surface area (Å²) in [4.78, 5) is 11.0. The first-order valence-electron chi connectivity index (χ1n) is 4.55. The zero-order chi connectivity index (χ0) is 10.8. The monoisotopic (exact) mass is 309 g/mol. The van der Waals surface area contributed by atoms with Crippen LogP contribution in [0.3, 0.4) is 0 Å². The Kier molecular flexibility index (Phi) is 4.56. The molecule has 0 aromatic heterocycles. The Hall–Kier alpha value is -0.810. The van der Waals surface area contributed by atoms with Crippen LogP contribution in [0.4, 0.5) is 9.18 Å². The number of carbonyl (C=O) groups is 1. The Labute approximate surface area is 107 Å². The van der Waals surface area contributed by atoms with Gasteiger partial charge >= 0.3 is 6.09 Å². The maximum Gasteiger partial charge on any atom is 0.407 e. The largest absolute Gasteiger partial charge is 0.449 e. The van der Waals surface area contributed by atoms with Gasteiger partial charge in [0.15, 0.2) is 0 Å². The molecule has 1 amide bonds. The minimum Gasteiger partial charge on any atom is -0.449 e. The van der Waals surface area contributed by atoms with E-state index in [-0.39, 0.29) is 24.3 Å². The van der Waals surface area contributed by atoms with Crippen LogP contribution < -0.4 is 5.32 Å². The molecule has 1 aliphatic rings. The summed E-state index contributed by atoms with van der Waals surface area (Å²) in [5.41, 5.74) is 0.875. The van der Waals surface area contributed by atoms with Gasteiger partial charge in [-0.2, -0.15) is 0 Å². The molecule has 1 N–H and O–H groups in total. The lowest BCUT2D eigenvalue weighted by atomic mass is 10.0. The first-order valence-corrected chi connectivity index (χ1v) is 5.34. The van der Waals surface area contributed by atoms with Crippen LogP contribution in [-0.4, -0.2) is 12.7 Å². The Morgan fingerprint density at radius 3 is 2.88 bits per heavy atom. The SMILES string of the molecule is Cl.O=C1N[C@H](c2ccc(F)c(Br)c2)CCO1. The van der Waals surface area contributed by atoms with E-state index in [1.165, 1.54) is 6.07 Å². The second kappa shape index (κ2) is 5.50. The number of cyclic esters (lactones) is 1. The number of ether oxygens (including phenoxy) is 1. The van der Waals surface area contributed by atoms with Gasteiger partial charge in [-0.25, -0.2) is 9.18 Å². The van der Waals surface area contributed by atoms with Crippen LogP contribution in [-0.2, 0) is 4.74 Å². The fourth-order valence-electron chi connectivity index (χ4n) is 1.50. The summed E-state index contributed by atoms with van der Waals surface area (Å²) in [6.45, 7) is 0.394. The average Bonchev–Trinajstić information content (AvgIpc) is 2.22. The summed E-state index contributed by atoms with van der Waals surface area (Å²) in [5, 5.41) is 2.67. The summed E-state index contributed by atoms with van der Waals surface area (Å²) in [6.07, 6.45) is 0.274. The highest BCUT2D eigenvalue weighted by molar-refractivity contribution is 9.10. The molecule has 0 radical (unpaired) electrons. The van der Waals surface area contributed by atoms with Gasteiger partial charge in [-0.05, 0) is 33.6 Å². The van der Waals surface area contributed by atoms with Crippen LogP contribution in [0.5, 0.6) is 0 Å². The van der Waals surface area contributed by atoms with E-state index >= 15 is 0 Å². The first kappa shape index (κ1) is 13.3. The van der Waals surface area contributed by atoms with Crippen molar-refractivity contribution >= 4 is 34.4 Å². The second-order valence-electron chi connectivity index (χ2n) is 3.30. The number of nitrogens with one attached hydrogen (secondary N) is 1. The summed E-state index contributed by atoms with van der Waals surface area (Å²) < 4.78 is 18.1. The van der Waals surface area contributed by atoms with Crippen molar-refractivity contribution in [2.75, 3.05) is 6.61 Å². The van der Waals surface area contributed by atoms with Gasteiger partial charge in [0.2, 0.25) is 0 Å². The van der Waals surface area contributed by atoms with Crippen LogP contribution in [0.2, 0.25) is 0 Å². The molecule has 1 fully saturated rings. The van der Waals surface area contributed by atoms with Gasteiger partial charge in [0.05, 0.1) is 17.1 Å². The molecule has 3 nitrogen and oxygen atoms in total.